The van der Waals surface area contributed by atoms with Crippen LogP contribution >= 0.6 is 0 Å². The van der Waals surface area contributed by atoms with Crippen molar-refractivity contribution in [3.8, 4) is 0 Å². The largest absolute Gasteiger partial charge is 0.254 e. The Morgan fingerprint density at radius 3 is 1.46 bits per heavy atom. The van der Waals surface area contributed by atoms with Crippen molar-refractivity contribution in [1.82, 2.24) is 9.66 Å². The Bertz CT molecular complexity index is 902. The summed E-state index contributed by atoms with van der Waals surface area (Å²) in [4.78, 5) is 3.78. The van der Waals surface area contributed by atoms with Crippen molar-refractivity contribution in [3.05, 3.63) is 59.7 Å². The van der Waals surface area contributed by atoms with Crippen molar-refractivity contribution in [1.29, 1.82) is 0 Å². The van der Waals surface area contributed by atoms with Crippen LogP contribution in [-0.4, -0.2) is 16.8 Å². The Balaban J connectivity index is 2.16. The Morgan fingerprint density at radius 2 is 1.08 bits per heavy atom. The molecule has 0 heterocycles. The summed E-state index contributed by atoms with van der Waals surface area (Å²) in [5, 5.41) is 0. The van der Waals surface area contributed by atoms with Gasteiger partial charge in [0.2, 0.25) is 0 Å². The molecular weight excluding hydrogens is 348 g/mol. The van der Waals surface area contributed by atoms with E-state index in [4.69, 9.17) is 0 Å². The molecule has 0 radical (unpaired) electrons. The summed E-state index contributed by atoms with van der Waals surface area (Å²) in [6, 6.07) is 12.4. The van der Waals surface area contributed by atoms with E-state index in [1.807, 2.05) is 30.4 Å². The van der Waals surface area contributed by atoms with Gasteiger partial charge in [0.05, 0.1) is 9.79 Å². The second-order valence-electron chi connectivity index (χ2n) is 5.75. The number of nitrogens with one attached hydrogen (secondary N) is 2. The number of benzene rings is 2. The molecule has 0 atom stereocenters. The van der Waals surface area contributed by atoms with Crippen LogP contribution < -0.4 is 9.66 Å². The van der Waals surface area contributed by atoms with E-state index in [1.54, 1.807) is 24.3 Å². The molecule has 0 saturated heterocycles. The fraction of sp³-hybridized carbons (Fsp3) is 0.250. The van der Waals surface area contributed by atoms with Crippen LogP contribution in [0.2, 0.25) is 0 Å². The van der Waals surface area contributed by atoms with E-state index in [0.29, 0.717) is 0 Å². The first kappa shape index (κ1) is 18.6. The highest BCUT2D eigenvalue weighted by Gasteiger charge is 2.19. The van der Waals surface area contributed by atoms with Gasteiger partial charge in [-0.15, -0.1) is 9.66 Å². The van der Waals surface area contributed by atoms with E-state index in [1.165, 1.54) is 24.3 Å². The molecule has 0 aromatic heterocycles. The fourth-order valence-corrected chi connectivity index (χ4v) is 4.08. The quantitative estimate of drug-likeness (QED) is 0.765. The van der Waals surface area contributed by atoms with Crippen LogP contribution in [0.5, 0.6) is 0 Å². The van der Waals surface area contributed by atoms with Gasteiger partial charge in [-0.05, 0) is 42.7 Å². The maximum Gasteiger partial charge on any atom is 0.254 e. The van der Waals surface area contributed by atoms with Gasteiger partial charge in [-0.2, -0.15) is 0 Å². The predicted octanol–water partition coefficient (Wildman–Crippen LogP) is 2.29. The lowest BCUT2D eigenvalue weighted by Crippen LogP contribution is -2.41. The number of hydrogen-bond acceptors (Lipinski definition) is 4. The highest BCUT2D eigenvalue weighted by Crippen LogP contribution is 2.17. The molecule has 2 aromatic carbocycles. The summed E-state index contributed by atoms with van der Waals surface area (Å²) in [7, 11) is -7.97. The monoisotopic (exact) mass is 368 g/mol. The normalized spacial score (nSPS) is 12.5. The lowest BCUT2D eigenvalue weighted by atomic mass is 10.0. The zero-order valence-electron chi connectivity index (χ0n) is 13.6. The molecule has 0 spiro atoms. The van der Waals surface area contributed by atoms with Crippen LogP contribution in [0.3, 0.4) is 0 Å². The molecule has 24 heavy (non-hydrogen) atoms. The number of hydrogen-bond donors (Lipinski definition) is 2. The van der Waals surface area contributed by atoms with E-state index in [0.717, 1.165) is 11.1 Å². The summed E-state index contributed by atoms with van der Waals surface area (Å²) in [6.45, 7) is 5.82. The van der Waals surface area contributed by atoms with E-state index in [9.17, 15) is 16.8 Å². The maximum atomic E-state index is 12.2. The smallest absolute Gasteiger partial charge is 0.206 e. The number of sulfonamides is 2. The molecule has 0 aliphatic rings. The molecular formula is C16H20N2O4S2. The van der Waals surface area contributed by atoms with Crippen molar-refractivity contribution < 1.29 is 16.8 Å². The summed E-state index contributed by atoms with van der Waals surface area (Å²) < 4.78 is 48.7. The first-order chi connectivity index (χ1) is 11.1. The van der Waals surface area contributed by atoms with Gasteiger partial charge in [-0.25, -0.2) is 16.8 Å². The molecule has 2 aromatic rings. The van der Waals surface area contributed by atoms with Gasteiger partial charge in [0, 0.05) is 0 Å². The van der Waals surface area contributed by atoms with Crippen molar-refractivity contribution in [2.24, 2.45) is 0 Å². The lowest BCUT2D eigenvalue weighted by Gasteiger charge is -2.11. The second-order valence-corrected chi connectivity index (χ2v) is 9.11. The average Bonchev–Trinajstić information content (AvgIpc) is 2.54. The Kier molecular flexibility index (Phi) is 5.44. The number of rotatable bonds is 6. The zero-order valence-corrected chi connectivity index (χ0v) is 15.3. The highest BCUT2D eigenvalue weighted by atomic mass is 32.2. The summed E-state index contributed by atoms with van der Waals surface area (Å²) in [6.07, 6.45) is 0. The first-order valence-electron chi connectivity index (χ1n) is 7.32. The molecule has 6 nitrogen and oxygen atoms in total. The first-order valence-corrected chi connectivity index (χ1v) is 10.3. The summed E-state index contributed by atoms with van der Waals surface area (Å²) in [5.41, 5.74) is 1.90. The molecule has 0 amide bonds. The lowest BCUT2D eigenvalue weighted by molar-refractivity contribution is 0.557. The van der Waals surface area contributed by atoms with Crippen molar-refractivity contribution in [2.45, 2.75) is 36.5 Å². The van der Waals surface area contributed by atoms with E-state index >= 15 is 0 Å². The third-order valence-electron chi connectivity index (χ3n) is 3.50. The third-order valence-corrected chi connectivity index (χ3v) is 6.16. The molecule has 2 rings (SSSR count). The summed E-state index contributed by atoms with van der Waals surface area (Å²) in [5.74, 6) is 0.273. The van der Waals surface area contributed by atoms with Gasteiger partial charge < -0.3 is 0 Å². The molecule has 0 aliphatic carbocycles. The van der Waals surface area contributed by atoms with Crippen molar-refractivity contribution in [3.63, 3.8) is 0 Å². The number of hydrazine groups is 1. The Morgan fingerprint density at radius 1 is 0.708 bits per heavy atom. The van der Waals surface area contributed by atoms with Crippen LogP contribution in [0, 0.1) is 6.92 Å². The topological polar surface area (TPSA) is 92.3 Å². The minimum atomic E-state index is -3.99. The maximum absolute atomic E-state index is 12.2. The van der Waals surface area contributed by atoms with Crippen LogP contribution in [0.4, 0.5) is 0 Å². The zero-order chi connectivity index (χ0) is 18.0. The fourth-order valence-electron chi connectivity index (χ4n) is 1.98. The predicted molar refractivity (Wildman–Crippen MR) is 92.4 cm³/mol. The van der Waals surface area contributed by atoms with Crippen LogP contribution in [0.25, 0.3) is 0 Å². The molecule has 0 fully saturated rings. The van der Waals surface area contributed by atoms with Crippen LogP contribution in [0.1, 0.15) is 30.9 Å². The van der Waals surface area contributed by atoms with E-state index in [2.05, 4.69) is 0 Å². The van der Waals surface area contributed by atoms with Crippen LogP contribution in [-0.2, 0) is 20.0 Å². The summed E-state index contributed by atoms with van der Waals surface area (Å²) >= 11 is 0. The Hall–Kier alpha value is -1.74. The molecule has 2 N–H and O–H groups in total. The van der Waals surface area contributed by atoms with Gasteiger partial charge in [0.25, 0.3) is 20.0 Å². The molecule has 0 saturated carbocycles. The van der Waals surface area contributed by atoms with Crippen molar-refractivity contribution >= 4 is 20.0 Å². The van der Waals surface area contributed by atoms with E-state index < -0.39 is 20.0 Å². The van der Waals surface area contributed by atoms with Gasteiger partial charge in [0.15, 0.2) is 0 Å². The minimum Gasteiger partial charge on any atom is -0.206 e. The van der Waals surface area contributed by atoms with Gasteiger partial charge in [-0.1, -0.05) is 43.7 Å². The standard InChI is InChI=1S/C16H20N2O4S2/c1-12(2)14-6-10-16(11-7-14)24(21,22)18-17-23(19,20)15-8-4-13(3)5-9-15/h4-12,17-18H,1-3H3. The molecule has 0 aliphatic heterocycles. The average molecular weight is 368 g/mol. The van der Waals surface area contributed by atoms with Gasteiger partial charge in [-0.3, -0.25) is 0 Å². The third kappa shape index (κ3) is 4.41. The molecule has 0 unspecified atom stereocenters. The Labute approximate surface area is 143 Å². The molecule has 130 valence electrons. The SMILES string of the molecule is Cc1ccc(S(=O)(=O)NNS(=O)(=O)c2ccc(C(C)C)cc2)cc1. The number of aryl methyl sites for hydroxylation is 1. The minimum absolute atomic E-state index is 0.0153. The van der Waals surface area contributed by atoms with Crippen molar-refractivity contribution in [2.75, 3.05) is 0 Å². The molecule has 0 bridgehead atoms. The second kappa shape index (κ2) is 7.02. The van der Waals surface area contributed by atoms with Gasteiger partial charge >= 0.3 is 0 Å². The van der Waals surface area contributed by atoms with E-state index in [-0.39, 0.29) is 15.7 Å². The van der Waals surface area contributed by atoms with Gasteiger partial charge in [0.1, 0.15) is 0 Å². The molecule has 8 heteroatoms. The van der Waals surface area contributed by atoms with Crippen LogP contribution in [0.15, 0.2) is 58.3 Å². The highest BCUT2D eigenvalue weighted by molar-refractivity contribution is 7.92.